The molecule has 0 N–H and O–H groups in total. The van der Waals surface area contributed by atoms with E-state index in [4.69, 9.17) is 16.3 Å². The third kappa shape index (κ3) is 3.30. The van der Waals surface area contributed by atoms with Crippen LogP contribution in [0, 0.1) is 10.1 Å². The summed E-state index contributed by atoms with van der Waals surface area (Å²) in [5.41, 5.74) is -0.159. The lowest BCUT2D eigenvalue weighted by atomic mass is 10.4. The molecule has 1 aromatic heterocycles. The molecule has 0 aromatic carbocycles. The Hall–Kier alpha value is -1.40. The molecule has 0 bridgehead atoms. The Morgan fingerprint density at radius 2 is 2.33 bits per heavy atom. The van der Waals surface area contributed by atoms with Crippen molar-refractivity contribution in [3.05, 3.63) is 27.4 Å². The van der Waals surface area contributed by atoms with E-state index in [9.17, 15) is 10.1 Å². The van der Waals surface area contributed by atoms with E-state index in [0.717, 1.165) is 6.54 Å². The number of rotatable bonds is 6. The molecule has 2 rings (SSSR count). The molecule has 98 valence electrons. The molecule has 7 heteroatoms. The minimum absolute atomic E-state index is 0.0169. The lowest BCUT2D eigenvalue weighted by Crippen LogP contribution is -2.26. The molecule has 0 radical (unpaired) electrons. The van der Waals surface area contributed by atoms with Crippen molar-refractivity contribution in [3.8, 4) is 5.88 Å². The molecule has 6 nitrogen and oxygen atoms in total. The Balaban J connectivity index is 1.94. The second-order valence-corrected chi connectivity index (χ2v) is 4.66. The van der Waals surface area contributed by atoms with Gasteiger partial charge in [-0.25, -0.2) is 0 Å². The smallest absolute Gasteiger partial charge is 0.331 e. The molecule has 0 unspecified atom stereocenters. The van der Waals surface area contributed by atoms with Gasteiger partial charge in [0.25, 0.3) is 5.88 Å². The number of nitro groups is 1. The zero-order chi connectivity index (χ0) is 13.1. The van der Waals surface area contributed by atoms with Gasteiger partial charge in [0.1, 0.15) is 11.8 Å². The van der Waals surface area contributed by atoms with E-state index in [-0.39, 0.29) is 16.7 Å². The van der Waals surface area contributed by atoms with Gasteiger partial charge in [-0.15, -0.1) is 0 Å². The normalized spacial score (nSPS) is 14.8. The first-order valence-corrected chi connectivity index (χ1v) is 6.09. The number of pyridine rings is 1. The number of aromatic nitrogens is 1. The van der Waals surface area contributed by atoms with Gasteiger partial charge in [0.2, 0.25) is 0 Å². The van der Waals surface area contributed by atoms with Crippen molar-refractivity contribution >= 4 is 17.3 Å². The molecule has 0 saturated heterocycles. The zero-order valence-electron chi connectivity index (χ0n) is 10.0. The Bertz CT molecular complexity index is 451. The summed E-state index contributed by atoms with van der Waals surface area (Å²) in [6.07, 6.45) is 2.43. The molecule has 0 spiro atoms. The quantitative estimate of drug-likeness (QED) is 0.450. The molecule has 1 aromatic rings. The number of ether oxygens (including phenoxy) is 1. The molecule has 0 aliphatic heterocycles. The monoisotopic (exact) mass is 271 g/mol. The highest BCUT2D eigenvalue weighted by Gasteiger charge is 2.26. The molecular formula is C11H14ClN3O3. The van der Waals surface area contributed by atoms with E-state index in [1.807, 2.05) is 7.05 Å². The lowest BCUT2D eigenvalue weighted by Gasteiger charge is -2.15. The van der Waals surface area contributed by atoms with Crippen molar-refractivity contribution in [1.82, 2.24) is 9.88 Å². The van der Waals surface area contributed by atoms with Gasteiger partial charge in [-0.2, -0.15) is 4.98 Å². The van der Waals surface area contributed by atoms with Gasteiger partial charge in [0.05, 0.1) is 4.92 Å². The molecule has 18 heavy (non-hydrogen) atoms. The van der Waals surface area contributed by atoms with Crippen LogP contribution < -0.4 is 4.74 Å². The predicted molar refractivity (Wildman–Crippen MR) is 67.0 cm³/mol. The van der Waals surface area contributed by atoms with Gasteiger partial charge in [-0.05, 0) is 26.0 Å². The predicted octanol–water partition coefficient (Wildman–Crippen LogP) is 2.12. The van der Waals surface area contributed by atoms with E-state index >= 15 is 0 Å². The second kappa shape index (κ2) is 5.49. The number of nitrogens with zero attached hydrogens (tertiary/aromatic N) is 3. The Morgan fingerprint density at radius 3 is 2.94 bits per heavy atom. The van der Waals surface area contributed by atoms with Gasteiger partial charge in [-0.3, -0.25) is 10.1 Å². The van der Waals surface area contributed by atoms with Gasteiger partial charge >= 0.3 is 5.69 Å². The summed E-state index contributed by atoms with van der Waals surface area (Å²) in [7, 11) is 2.01. The van der Waals surface area contributed by atoms with Crippen LogP contribution in [-0.4, -0.2) is 41.0 Å². The maximum absolute atomic E-state index is 10.8. The summed E-state index contributed by atoms with van der Waals surface area (Å²) in [4.78, 5) is 16.3. The average molecular weight is 272 g/mol. The van der Waals surface area contributed by atoms with Crippen LogP contribution in [0.3, 0.4) is 0 Å². The second-order valence-electron chi connectivity index (χ2n) is 4.28. The topological polar surface area (TPSA) is 68.5 Å². The van der Waals surface area contributed by atoms with Gasteiger partial charge < -0.3 is 9.64 Å². The van der Waals surface area contributed by atoms with Crippen molar-refractivity contribution in [2.24, 2.45) is 0 Å². The SMILES string of the molecule is CN(CCOc1nc(Cl)ccc1[N+](=O)[O-])C1CC1. The van der Waals surface area contributed by atoms with Gasteiger partial charge in [0.15, 0.2) is 0 Å². The first-order chi connectivity index (χ1) is 8.58. The Labute approximate surface area is 110 Å². The summed E-state index contributed by atoms with van der Waals surface area (Å²) < 4.78 is 5.35. The van der Waals surface area contributed by atoms with E-state index < -0.39 is 4.92 Å². The van der Waals surface area contributed by atoms with Crippen LogP contribution in [-0.2, 0) is 0 Å². The maximum Gasteiger partial charge on any atom is 0.331 e. The third-order valence-corrected chi connectivity index (χ3v) is 3.07. The summed E-state index contributed by atoms with van der Waals surface area (Å²) in [6.45, 7) is 1.08. The third-order valence-electron chi connectivity index (χ3n) is 2.86. The molecule has 1 fully saturated rings. The Kier molecular flexibility index (Phi) is 3.98. The summed E-state index contributed by atoms with van der Waals surface area (Å²) >= 11 is 5.70. The van der Waals surface area contributed by atoms with Crippen LogP contribution in [0.1, 0.15) is 12.8 Å². The fourth-order valence-corrected chi connectivity index (χ4v) is 1.78. The summed E-state index contributed by atoms with van der Waals surface area (Å²) in [6, 6.07) is 3.31. The van der Waals surface area contributed by atoms with Crippen molar-refractivity contribution in [2.45, 2.75) is 18.9 Å². The van der Waals surface area contributed by atoms with Crippen LogP contribution in [0.25, 0.3) is 0 Å². The molecule has 1 saturated carbocycles. The van der Waals surface area contributed by atoms with Crippen LogP contribution in [0.2, 0.25) is 5.15 Å². The molecular weight excluding hydrogens is 258 g/mol. The number of hydrogen-bond acceptors (Lipinski definition) is 5. The number of hydrogen-bond donors (Lipinski definition) is 0. The minimum Gasteiger partial charge on any atom is -0.471 e. The fourth-order valence-electron chi connectivity index (χ4n) is 1.64. The van der Waals surface area contributed by atoms with Crippen LogP contribution >= 0.6 is 11.6 Å². The molecule has 0 amide bonds. The highest BCUT2D eigenvalue weighted by Crippen LogP contribution is 2.27. The first-order valence-electron chi connectivity index (χ1n) is 5.72. The van der Waals surface area contributed by atoms with E-state index in [0.29, 0.717) is 12.6 Å². The minimum atomic E-state index is -0.525. The highest BCUT2D eigenvalue weighted by atomic mass is 35.5. The molecule has 1 aliphatic carbocycles. The van der Waals surface area contributed by atoms with Crippen molar-refractivity contribution in [2.75, 3.05) is 20.2 Å². The van der Waals surface area contributed by atoms with Gasteiger partial charge in [-0.1, -0.05) is 11.6 Å². The summed E-state index contributed by atoms with van der Waals surface area (Å²) in [5.74, 6) is -0.0169. The standard InChI is InChI=1S/C11H14ClN3O3/c1-14(8-2-3-8)6-7-18-11-9(15(16)17)4-5-10(12)13-11/h4-5,8H,2-3,6-7H2,1H3. The molecule has 1 aliphatic rings. The van der Waals surface area contributed by atoms with E-state index in [1.54, 1.807) is 0 Å². The molecule has 1 heterocycles. The fraction of sp³-hybridized carbons (Fsp3) is 0.545. The first kappa shape index (κ1) is 13.0. The highest BCUT2D eigenvalue weighted by molar-refractivity contribution is 6.29. The molecule has 0 atom stereocenters. The van der Waals surface area contributed by atoms with E-state index in [2.05, 4.69) is 9.88 Å². The largest absolute Gasteiger partial charge is 0.471 e. The van der Waals surface area contributed by atoms with Crippen molar-refractivity contribution in [1.29, 1.82) is 0 Å². The lowest BCUT2D eigenvalue weighted by molar-refractivity contribution is -0.386. The van der Waals surface area contributed by atoms with Crippen molar-refractivity contribution in [3.63, 3.8) is 0 Å². The maximum atomic E-state index is 10.8. The zero-order valence-corrected chi connectivity index (χ0v) is 10.8. The van der Waals surface area contributed by atoms with Crippen LogP contribution in [0.15, 0.2) is 12.1 Å². The average Bonchev–Trinajstić information content (AvgIpc) is 3.12. The number of halogens is 1. The van der Waals surface area contributed by atoms with Crippen LogP contribution in [0.5, 0.6) is 5.88 Å². The van der Waals surface area contributed by atoms with Crippen LogP contribution in [0.4, 0.5) is 5.69 Å². The van der Waals surface area contributed by atoms with Crippen molar-refractivity contribution < 1.29 is 9.66 Å². The van der Waals surface area contributed by atoms with Gasteiger partial charge in [0, 0.05) is 18.7 Å². The number of likely N-dealkylation sites (N-methyl/N-ethyl adjacent to an activating group) is 1. The summed E-state index contributed by atoms with van der Waals surface area (Å²) in [5, 5.41) is 11.0. The van der Waals surface area contributed by atoms with E-state index in [1.165, 1.54) is 25.0 Å². The Morgan fingerprint density at radius 1 is 1.61 bits per heavy atom.